The van der Waals surface area contributed by atoms with E-state index in [1.807, 2.05) is 6.92 Å². The quantitative estimate of drug-likeness (QED) is 0.851. The standard InChI is InChI=1S/C12H17NO5S2/c1-9-6-10(19-7-9)20(16,17)13-8-12(11(14)15)2-4-18-5-3-12/h6-7,13H,2-5,8H2,1H3,(H,14,15). The van der Waals surface area contributed by atoms with Crippen molar-refractivity contribution in [3.63, 3.8) is 0 Å². The maximum atomic E-state index is 12.1. The van der Waals surface area contributed by atoms with Crippen molar-refractivity contribution < 1.29 is 23.1 Å². The summed E-state index contributed by atoms with van der Waals surface area (Å²) in [4.78, 5) is 11.4. The van der Waals surface area contributed by atoms with E-state index in [1.54, 1.807) is 11.4 Å². The number of hydrogen-bond acceptors (Lipinski definition) is 5. The molecule has 0 saturated carbocycles. The van der Waals surface area contributed by atoms with Crippen molar-refractivity contribution in [2.45, 2.75) is 24.0 Å². The first-order chi connectivity index (χ1) is 9.36. The molecule has 0 aromatic carbocycles. The van der Waals surface area contributed by atoms with Gasteiger partial charge in [0.15, 0.2) is 0 Å². The Morgan fingerprint density at radius 1 is 1.50 bits per heavy atom. The van der Waals surface area contributed by atoms with Crippen molar-refractivity contribution >= 4 is 27.3 Å². The SMILES string of the molecule is Cc1csc(S(=O)(=O)NCC2(C(=O)O)CCOCC2)c1. The molecule has 20 heavy (non-hydrogen) atoms. The third kappa shape index (κ3) is 3.20. The lowest BCUT2D eigenvalue weighted by Gasteiger charge is -2.32. The van der Waals surface area contributed by atoms with Gasteiger partial charge in [-0.15, -0.1) is 11.3 Å². The van der Waals surface area contributed by atoms with Gasteiger partial charge >= 0.3 is 5.97 Å². The van der Waals surface area contributed by atoms with E-state index < -0.39 is 21.4 Å². The molecule has 1 aliphatic rings. The minimum atomic E-state index is -3.65. The number of hydrogen-bond donors (Lipinski definition) is 2. The number of aliphatic carboxylic acids is 1. The molecule has 6 nitrogen and oxygen atoms in total. The van der Waals surface area contributed by atoms with E-state index in [1.165, 1.54) is 0 Å². The minimum absolute atomic E-state index is 0.106. The lowest BCUT2D eigenvalue weighted by atomic mass is 9.80. The Balaban J connectivity index is 2.11. The summed E-state index contributed by atoms with van der Waals surface area (Å²) in [5.74, 6) is -0.981. The number of thiophene rings is 1. The van der Waals surface area contributed by atoms with Crippen molar-refractivity contribution in [2.24, 2.45) is 5.41 Å². The highest BCUT2D eigenvalue weighted by atomic mass is 32.2. The van der Waals surface area contributed by atoms with Crippen LogP contribution in [0.3, 0.4) is 0 Å². The van der Waals surface area contributed by atoms with Crippen LogP contribution in [0.4, 0.5) is 0 Å². The fraction of sp³-hybridized carbons (Fsp3) is 0.583. The lowest BCUT2D eigenvalue weighted by molar-refractivity contribution is -0.154. The Morgan fingerprint density at radius 3 is 2.65 bits per heavy atom. The van der Waals surface area contributed by atoms with Gasteiger partial charge in [-0.25, -0.2) is 13.1 Å². The number of nitrogens with one attached hydrogen (secondary N) is 1. The summed E-state index contributed by atoms with van der Waals surface area (Å²) in [5, 5.41) is 11.1. The average Bonchev–Trinajstić information content (AvgIpc) is 2.85. The Morgan fingerprint density at radius 2 is 2.15 bits per heavy atom. The Labute approximate surface area is 121 Å². The van der Waals surface area contributed by atoms with Gasteiger partial charge in [-0.3, -0.25) is 4.79 Å². The maximum Gasteiger partial charge on any atom is 0.311 e. The number of carboxylic acid groups (broad SMARTS) is 1. The van der Waals surface area contributed by atoms with Crippen LogP contribution in [-0.2, 0) is 19.6 Å². The van der Waals surface area contributed by atoms with E-state index in [0.717, 1.165) is 16.9 Å². The van der Waals surface area contributed by atoms with Crippen LogP contribution in [0.2, 0.25) is 0 Å². The molecule has 2 N–H and O–H groups in total. The molecule has 0 unspecified atom stereocenters. The topological polar surface area (TPSA) is 92.7 Å². The van der Waals surface area contributed by atoms with Gasteiger partial charge in [0.1, 0.15) is 4.21 Å². The Bertz CT molecular complexity index is 587. The van der Waals surface area contributed by atoms with Crippen LogP contribution in [-0.4, -0.2) is 39.3 Å². The average molecular weight is 319 g/mol. The van der Waals surface area contributed by atoms with Crippen LogP contribution in [0, 0.1) is 12.3 Å². The minimum Gasteiger partial charge on any atom is -0.481 e. The molecule has 0 atom stereocenters. The van der Waals surface area contributed by atoms with E-state index >= 15 is 0 Å². The molecule has 8 heteroatoms. The van der Waals surface area contributed by atoms with Crippen LogP contribution in [0.5, 0.6) is 0 Å². The normalized spacial score (nSPS) is 18.9. The largest absolute Gasteiger partial charge is 0.481 e. The molecule has 112 valence electrons. The van der Waals surface area contributed by atoms with Crippen LogP contribution < -0.4 is 4.72 Å². The van der Waals surface area contributed by atoms with Crippen molar-refractivity contribution in [3.05, 3.63) is 17.0 Å². The van der Waals surface area contributed by atoms with Crippen LogP contribution in [0.25, 0.3) is 0 Å². The summed E-state index contributed by atoms with van der Waals surface area (Å²) in [6, 6.07) is 1.57. The zero-order chi connectivity index (χ0) is 14.8. The molecule has 1 saturated heterocycles. The maximum absolute atomic E-state index is 12.1. The number of aryl methyl sites for hydroxylation is 1. The third-order valence-electron chi connectivity index (χ3n) is 3.48. The summed E-state index contributed by atoms with van der Waals surface area (Å²) < 4.78 is 32.1. The zero-order valence-corrected chi connectivity index (χ0v) is 12.7. The van der Waals surface area contributed by atoms with Crippen LogP contribution in [0.15, 0.2) is 15.7 Å². The fourth-order valence-electron chi connectivity index (χ4n) is 2.08. The first kappa shape index (κ1) is 15.4. The number of sulfonamides is 1. The number of carboxylic acids is 1. The van der Waals surface area contributed by atoms with Crippen molar-refractivity contribution in [1.29, 1.82) is 0 Å². The predicted molar refractivity (Wildman–Crippen MR) is 74.4 cm³/mol. The molecule has 2 rings (SSSR count). The van der Waals surface area contributed by atoms with E-state index in [2.05, 4.69) is 4.72 Å². The van der Waals surface area contributed by atoms with Gasteiger partial charge in [0, 0.05) is 19.8 Å². The molecule has 1 fully saturated rings. The van der Waals surface area contributed by atoms with E-state index in [4.69, 9.17) is 4.74 Å². The van der Waals surface area contributed by atoms with Crippen LogP contribution in [0.1, 0.15) is 18.4 Å². The second kappa shape index (κ2) is 5.80. The first-order valence-electron chi connectivity index (χ1n) is 6.22. The van der Waals surface area contributed by atoms with Gasteiger partial charge in [0.2, 0.25) is 10.0 Å². The van der Waals surface area contributed by atoms with Gasteiger partial charge in [0.25, 0.3) is 0 Å². The van der Waals surface area contributed by atoms with Gasteiger partial charge in [-0.1, -0.05) is 0 Å². The van der Waals surface area contributed by atoms with Crippen molar-refractivity contribution in [2.75, 3.05) is 19.8 Å². The summed E-state index contributed by atoms with van der Waals surface area (Å²) in [7, 11) is -3.65. The molecule has 0 bridgehead atoms. The van der Waals surface area contributed by atoms with Gasteiger partial charge in [-0.05, 0) is 36.8 Å². The molecule has 1 aliphatic heterocycles. The van der Waals surface area contributed by atoms with Crippen molar-refractivity contribution in [1.82, 2.24) is 4.72 Å². The molecule has 0 aliphatic carbocycles. The summed E-state index contributed by atoms with van der Waals surface area (Å²) in [5.41, 5.74) is -0.202. The lowest BCUT2D eigenvalue weighted by Crippen LogP contribution is -2.46. The zero-order valence-electron chi connectivity index (χ0n) is 11.1. The van der Waals surface area contributed by atoms with Gasteiger partial charge in [0.05, 0.1) is 5.41 Å². The number of rotatable bonds is 5. The molecular formula is C12H17NO5S2. The smallest absolute Gasteiger partial charge is 0.311 e. The van der Waals surface area contributed by atoms with E-state index in [9.17, 15) is 18.3 Å². The van der Waals surface area contributed by atoms with E-state index in [-0.39, 0.29) is 10.8 Å². The Hall–Kier alpha value is -0.960. The fourth-order valence-corrected chi connectivity index (χ4v) is 4.48. The predicted octanol–water partition coefficient (Wildman–Crippen LogP) is 1.22. The molecule has 1 aromatic rings. The molecule has 0 spiro atoms. The molecular weight excluding hydrogens is 302 g/mol. The second-order valence-corrected chi connectivity index (χ2v) is 7.87. The molecule has 0 amide bonds. The first-order valence-corrected chi connectivity index (χ1v) is 8.58. The highest BCUT2D eigenvalue weighted by molar-refractivity contribution is 7.91. The monoisotopic (exact) mass is 319 g/mol. The van der Waals surface area contributed by atoms with Gasteiger partial charge in [-0.2, -0.15) is 0 Å². The van der Waals surface area contributed by atoms with E-state index in [0.29, 0.717) is 26.1 Å². The summed E-state index contributed by atoms with van der Waals surface area (Å²) in [6.45, 7) is 2.38. The van der Waals surface area contributed by atoms with Crippen LogP contribution >= 0.6 is 11.3 Å². The number of ether oxygens (including phenoxy) is 1. The Kier molecular flexibility index (Phi) is 4.48. The summed E-state index contributed by atoms with van der Waals surface area (Å²) in [6.07, 6.45) is 0.628. The summed E-state index contributed by atoms with van der Waals surface area (Å²) >= 11 is 1.13. The number of carbonyl (C=O) groups is 1. The third-order valence-corrected chi connectivity index (χ3v) is 6.43. The molecule has 0 radical (unpaired) electrons. The molecule has 1 aromatic heterocycles. The second-order valence-electron chi connectivity index (χ2n) is 4.97. The molecule has 2 heterocycles. The highest BCUT2D eigenvalue weighted by Gasteiger charge is 2.41. The highest BCUT2D eigenvalue weighted by Crippen LogP contribution is 2.31. The van der Waals surface area contributed by atoms with Crippen molar-refractivity contribution in [3.8, 4) is 0 Å². The van der Waals surface area contributed by atoms with Gasteiger partial charge < -0.3 is 9.84 Å².